The van der Waals surface area contributed by atoms with Crippen molar-refractivity contribution in [2.75, 3.05) is 26.2 Å². The molecule has 6 heteroatoms. The average Bonchev–Trinajstić information content (AvgIpc) is 3.18. The predicted octanol–water partition coefficient (Wildman–Crippen LogP) is 2.14. The van der Waals surface area contributed by atoms with Crippen LogP contribution in [0.5, 0.6) is 0 Å². The molecule has 2 aliphatic heterocycles. The van der Waals surface area contributed by atoms with E-state index in [1.54, 1.807) is 0 Å². The number of nitrogens with one attached hydrogen (secondary N) is 1. The van der Waals surface area contributed by atoms with E-state index in [4.69, 9.17) is 10.5 Å². The number of amides is 1. The van der Waals surface area contributed by atoms with Crippen molar-refractivity contribution in [3.63, 3.8) is 0 Å². The van der Waals surface area contributed by atoms with E-state index in [1.165, 1.54) is 6.42 Å². The first-order valence-electron chi connectivity index (χ1n) is 9.65. The number of piperidine rings is 1. The minimum absolute atomic E-state index is 0.0656. The summed E-state index contributed by atoms with van der Waals surface area (Å²) in [5.74, 6) is 1.20. The number of aliphatic imine (C=N–C) groups is 1. The van der Waals surface area contributed by atoms with Gasteiger partial charge in [0.25, 0.3) is 5.91 Å². The number of hydrogen-bond acceptors (Lipinski definition) is 3. The van der Waals surface area contributed by atoms with Gasteiger partial charge in [-0.1, -0.05) is 19.1 Å². The number of hydrogen-bond donors (Lipinski definition) is 2. The van der Waals surface area contributed by atoms with Crippen molar-refractivity contribution in [1.82, 2.24) is 10.2 Å². The highest BCUT2D eigenvalue weighted by Gasteiger charge is 2.18. The summed E-state index contributed by atoms with van der Waals surface area (Å²) in [4.78, 5) is 19.0. The van der Waals surface area contributed by atoms with E-state index in [1.807, 2.05) is 24.3 Å². The molecule has 6 nitrogen and oxygen atoms in total. The van der Waals surface area contributed by atoms with Crippen LogP contribution in [0.2, 0.25) is 0 Å². The molecular weight excluding hydrogens is 328 g/mol. The molecule has 0 aliphatic carbocycles. The molecule has 2 unspecified atom stereocenters. The summed E-state index contributed by atoms with van der Waals surface area (Å²) in [5, 5.41) is 2.96. The van der Waals surface area contributed by atoms with Gasteiger partial charge >= 0.3 is 0 Å². The molecule has 2 atom stereocenters. The van der Waals surface area contributed by atoms with E-state index < -0.39 is 0 Å². The van der Waals surface area contributed by atoms with Crippen LogP contribution in [0.4, 0.5) is 0 Å². The van der Waals surface area contributed by atoms with Crippen LogP contribution in [0, 0.1) is 5.92 Å². The number of guanidine groups is 1. The van der Waals surface area contributed by atoms with Crippen LogP contribution < -0.4 is 11.1 Å². The summed E-state index contributed by atoms with van der Waals surface area (Å²) in [6.07, 6.45) is 4.66. The van der Waals surface area contributed by atoms with Gasteiger partial charge in [0.05, 0.1) is 12.6 Å². The number of nitrogens with two attached hydrogens (primary N) is 1. The largest absolute Gasteiger partial charge is 0.376 e. The van der Waals surface area contributed by atoms with E-state index in [-0.39, 0.29) is 12.0 Å². The summed E-state index contributed by atoms with van der Waals surface area (Å²) in [7, 11) is 0. The minimum atomic E-state index is -0.0656. The molecule has 2 saturated heterocycles. The van der Waals surface area contributed by atoms with Gasteiger partial charge in [0, 0.05) is 31.8 Å². The van der Waals surface area contributed by atoms with Gasteiger partial charge in [-0.05, 0) is 49.3 Å². The van der Waals surface area contributed by atoms with Gasteiger partial charge in [-0.15, -0.1) is 0 Å². The Labute approximate surface area is 155 Å². The molecule has 1 aromatic carbocycles. The third-order valence-corrected chi connectivity index (χ3v) is 5.11. The normalized spacial score (nSPS) is 23.9. The molecule has 0 radical (unpaired) electrons. The number of rotatable bonds is 5. The molecule has 1 aromatic rings. The zero-order chi connectivity index (χ0) is 18.4. The quantitative estimate of drug-likeness (QED) is 0.624. The second-order valence-electron chi connectivity index (χ2n) is 7.41. The Hall–Kier alpha value is -2.08. The molecule has 2 aliphatic rings. The van der Waals surface area contributed by atoms with Gasteiger partial charge in [0.15, 0.2) is 5.96 Å². The molecular formula is C20H30N4O2. The van der Waals surface area contributed by atoms with E-state index in [0.29, 0.717) is 30.5 Å². The minimum Gasteiger partial charge on any atom is -0.376 e. The third kappa shape index (κ3) is 5.21. The standard InChI is InChI=1S/C20H30N4O2/c1-15-5-3-9-24(14-15)20(21)23-12-16-6-2-7-17(11-16)19(25)22-13-18-8-4-10-26-18/h2,6-7,11,15,18H,3-5,8-10,12-14H2,1H3,(H2,21,23)(H,22,25). The van der Waals surface area contributed by atoms with Gasteiger partial charge in [-0.3, -0.25) is 4.79 Å². The molecule has 0 spiro atoms. The first-order chi connectivity index (χ1) is 12.6. The molecule has 2 heterocycles. The summed E-state index contributed by atoms with van der Waals surface area (Å²) < 4.78 is 5.54. The molecule has 3 rings (SSSR count). The zero-order valence-corrected chi connectivity index (χ0v) is 15.6. The maximum Gasteiger partial charge on any atom is 0.251 e. The molecule has 26 heavy (non-hydrogen) atoms. The van der Waals surface area contributed by atoms with Gasteiger partial charge in [0.1, 0.15) is 0 Å². The van der Waals surface area contributed by atoms with Gasteiger partial charge in [-0.2, -0.15) is 0 Å². The topological polar surface area (TPSA) is 80.0 Å². The van der Waals surface area contributed by atoms with Crippen LogP contribution in [0.1, 0.15) is 48.5 Å². The second-order valence-corrected chi connectivity index (χ2v) is 7.41. The SMILES string of the molecule is CC1CCCN(C(N)=NCc2cccc(C(=O)NCC3CCCO3)c2)C1. The third-order valence-electron chi connectivity index (χ3n) is 5.11. The number of likely N-dealkylation sites (tertiary alicyclic amines) is 1. The Morgan fingerprint density at radius 2 is 2.27 bits per heavy atom. The number of benzene rings is 1. The highest BCUT2D eigenvalue weighted by Crippen LogP contribution is 2.15. The fraction of sp³-hybridized carbons (Fsp3) is 0.600. The molecule has 142 valence electrons. The highest BCUT2D eigenvalue weighted by atomic mass is 16.5. The van der Waals surface area contributed by atoms with Crippen molar-refractivity contribution in [2.45, 2.75) is 45.3 Å². The van der Waals surface area contributed by atoms with Gasteiger partial charge in [0.2, 0.25) is 0 Å². The van der Waals surface area contributed by atoms with E-state index in [9.17, 15) is 4.79 Å². The Balaban J connectivity index is 1.54. The van der Waals surface area contributed by atoms with Crippen molar-refractivity contribution >= 4 is 11.9 Å². The number of carbonyl (C=O) groups is 1. The van der Waals surface area contributed by atoms with E-state index >= 15 is 0 Å². The predicted molar refractivity (Wildman–Crippen MR) is 103 cm³/mol. The van der Waals surface area contributed by atoms with Gasteiger partial charge < -0.3 is 20.7 Å². The number of nitrogens with zero attached hydrogens (tertiary/aromatic N) is 2. The molecule has 1 amide bonds. The Morgan fingerprint density at radius 3 is 3.04 bits per heavy atom. The Bertz CT molecular complexity index is 640. The van der Waals surface area contributed by atoms with Crippen molar-refractivity contribution in [3.05, 3.63) is 35.4 Å². The van der Waals surface area contributed by atoms with Crippen molar-refractivity contribution in [1.29, 1.82) is 0 Å². The van der Waals surface area contributed by atoms with Crippen LogP contribution in [0.3, 0.4) is 0 Å². The fourth-order valence-electron chi connectivity index (χ4n) is 3.59. The Kier molecular flexibility index (Phi) is 6.50. The maximum atomic E-state index is 12.3. The molecule has 0 saturated carbocycles. The van der Waals surface area contributed by atoms with Crippen molar-refractivity contribution in [3.8, 4) is 0 Å². The molecule has 0 aromatic heterocycles. The summed E-state index contributed by atoms with van der Waals surface area (Å²) in [6.45, 7) is 6.06. The number of ether oxygens (including phenoxy) is 1. The van der Waals surface area contributed by atoms with Crippen LogP contribution in [0.25, 0.3) is 0 Å². The van der Waals surface area contributed by atoms with Crippen molar-refractivity contribution < 1.29 is 9.53 Å². The zero-order valence-electron chi connectivity index (χ0n) is 15.6. The summed E-state index contributed by atoms with van der Waals surface area (Å²) in [5.41, 5.74) is 7.80. The maximum absolute atomic E-state index is 12.3. The fourth-order valence-corrected chi connectivity index (χ4v) is 3.59. The van der Waals surface area contributed by atoms with Crippen molar-refractivity contribution in [2.24, 2.45) is 16.6 Å². The average molecular weight is 358 g/mol. The van der Waals surface area contributed by atoms with Crippen LogP contribution >= 0.6 is 0 Å². The van der Waals surface area contributed by atoms with Crippen LogP contribution in [-0.4, -0.2) is 49.1 Å². The lowest BCUT2D eigenvalue weighted by molar-refractivity contribution is 0.0857. The van der Waals surface area contributed by atoms with Gasteiger partial charge in [-0.25, -0.2) is 4.99 Å². The Morgan fingerprint density at radius 1 is 1.38 bits per heavy atom. The summed E-state index contributed by atoms with van der Waals surface area (Å²) in [6, 6.07) is 7.59. The highest BCUT2D eigenvalue weighted by molar-refractivity contribution is 5.94. The van der Waals surface area contributed by atoms with Crippen LogP contribution in [0.15, 0.2) is 29.3 Å². The number of carbonyl (C=O) groups excluding carboxylic acids is 1. The first-order valence-corrected chi connectivity index (χ1v) is 9.65. The lowest BCUT2D eigenvalue weighted by Gasteiger charge is -2.31. The monoisotopic (exact) mass is 358 g/mol. The first kappa shape index (κ1) is 18.7. The lowest BCUT2D eigenvalue weighted by atomic mass is 10.0. The molecule has 0 bridgehead atoms. The smallest absolute Gasteiger partial charge is 0.251 e. The second kappa shape index (κ2) is 9.03. The van der Waals surface area contributed by atoms with E-state index in [2.05, 4.69) is 22.1 Å². The molecule has 2 fully saturated rings. The lowest BCUT2D eigenvalue weighted by Crippen LogP contribution is -2.43. The van der Waals surface area contributed by atoms with E-state index in [0.717, 1.165) is 44.5 Å². The summed E-state index contributed by atoms with van der Waals surface area (Å²) >= 11 is 0. The molecule has 3 N–H and O–H groups in total. The van der Waals surface area contributed by atoms with Crippen LogP contribution in [-0.2, 0) is 11.3 Å².